The van der Waals surface area contributed by atoms with E-state index in [9.17, 15) is 9.59 Å². The van der Waals surface area contributed by atoms with Crippen LogP contribution in [0.3, 0.4) is 0 Å². The molecular formula is C27H31ClN4O4. The molecule has 1 atom stereocenters. The molecule has 0 bridgehead atoms. The fourth-order valence-electron chi connectivity index (χ4n) is 4.14. The third-order valence-corrected chi connectivity index (χ3v) is 6.45. The van der Waals surface area contributed by atoms with Gasteiger partial charge in [0.05, 0.1) is 22.8 Å². The van der Waals surface area contributed by atoms with Gasteiger partial charge in [-0.15, -0.1) is 0 Å². The Morgan fingerprint density at radius 3 is 2.39 bits per heavy atom. The van der Waals surface area contributed by atoms with Gasteiger partial charge < -0.3 is 25.0 Å². The number of piperazine rings is 1. The van der Waals surface area contributed by atoms with E-state index in [0.717, 1.165) is 22.9 Å². The van der Waals surface area contributed by atoms with Crippen LogP contribution in [0.4, 0.5) is 4.79 Å². The van der Waals surface area contributed by atoms with Crippen LogP contribution in [0.5, 0.6) is 0 Å². The maximum absolute atomic E-state index is 13.2. The van der Waals surface area contributed by atoms with Gasteiger partial charge in [-0.05, 0) is 37.1 Å². The lowest BCUT2D eigenvalue weighted by Gasteiger charge is -2.34. The summed E-state index contributed by atoms with van der Waals surface area (Å²) in [6, 6.07) is 14.9. The van der Waals surface area contributed by atoms with Crippen molar-refractivity contribution >= 4 is 34.5 Å². The van der Waals surface area contributed by atoms with Crippen molar-refractivity contribution in [2.24, 2.45) is 5.73 Å². The number of amides is 2. The number of rotatable bonds is 7. The maximum Gasteiger partial charge on any atom is 0.409 e. The van der Waals surface area contributed by atoms with Gasteiger partial charge in [0.15, 0.2) is 0 Å². The minimum absolute atomic E-state index is 0.101. The van der Waals surface area contributed by atoms with Crippen molar-refractivity contribution in [1.29, 1.82) is 0 Å². The van der Waals surface area contributed by atoms with Crippen molar-refractivity contribution in [3.63, 3.8) is 0 Å². The van der Waals surface area contributed by atoms with Crippen molar-refractivity contribution < 1.29 is 19.1 Å². The van der Waals surface area contributed by atoms with Crippen LogP contribution >= 0.6 is 11.6 Å². The van der Waals surface area contributed by atoms with Crippen molar-refractivity contribution in [2.45, 2.75) is 26.5 Å². The number of pyridine rings is 1. The number of benzene rings is 2. The molecule has 2 N–H and O–H groups in total. The molecule has 2 aromatic carbocycles. The molecule has 0 radical (unpaired) electrons. The predicted molar refractivity (Wildman–Crippen MR) is 140 cm³/mol. The van der Waals surface area contributed by atoms with E-state index in [2.05, 4.69) is 0 Å². The molecule has 1 aliphatic heterocycles. The number of halogens is 1. The first-order valence-electron chi connectivity index (χ1n) is 12.2. The summed E-state index contributed by atoms with van der Waals surface area (Å²) in [6.45, 7) is 6.57. The molecule has 1 saturated heterocycles. The third kappa shape index (κ3) is 5.78. The second-order valence-corrected chi connectivity index (χ2v) is 9.02. The van der Waals surface area contributed by atoms with Gasteiger partial charge in [0.2, 0.25) is 0 Å². The second kappa shape index (κ2) is 11.7. The van der Waals surface area contributed by atoms with E-state index in [0.29, 0.717) is 61.2 Å². The summed E-state index contributed by atoms with van der Waals surface area (Å²) in [5, 5.41) is 1.33. The fourth-order valence-corrected chi connectivity index (χ4v) is 4.40. The molecule has 9 heteroatoms. The molecule has 1 fully saturated rings. The average Bonchev–Trinajstić information content (AvgIpc) is 2.91. The molecule has 1 aromatic heterocycles. The van der Waals surface area contributed by atoms with E-state index in [4.69, 9.17) is 31.8 Å². The van der Waals surface area contributed by atoms with E-state index in [1.54, 1.807) is 21.9 Å². The molecule has 36 heavy (non-hydrogen) atoms. The molecule has 1 aliphatic rings. The topological polar surface area (TPSA) is 98.0 Å². The Kier molecular flexibility index (Phi) is 8.40. The van der Waals surface area contributed by atoms with Gasteiger partial charge in [0, 0.05) is 49.3 Å². The molecule has 2 heterocycles. The lowest BCUT2D eigenvalue weighted by atomic mass is 10.1. The maximum atomic E-state index is 13.2. The number of nitrogens with two attached hydrogens (primary N) is 1. The number of hydrogen-bond acceptors (Lipinski definition) is 6. The van der Waals surface area contributed by atoms with Gasteiger partial charge in [-0.3, -0.25) is 4.79 Å². The van der Waals surface area contributed by atoms with Crippen molar-refractivity contribution in [1.82, 2.24) is 14.8 Å². The highest BCUT2D eigenvalue weighted by atomic mass is 35.5. The fraction of sp³-hybridized carbons (Fsp3) is 0.370. The molecule has 3 aromatic rings. The van der Waals surface area contributed by atoms with Crippen LogP contribution < -0.4 is 5.73 Å². The van der Waals surface area contributed by atoms with E-state index in [-0.39, 0.29) is 12.0 Å². The number of ether oxygens (including phenoxy) is 2. The first-order chi connectivity index (χ1) is 17.4. The van der Waals surface area contributed by atoms with E-state index in [1.807, 2.05) is 50.2 Å². The summed E-state index contributed by atoms with van der Waals surface area (Å²) in [7, 11) is 0. The van der Waals surface area contributed by atoms with Crippen molar-refractivity contribution in [3.8, 4) is 11.3 Å². The minimum Gasteiger partial charge on any atom is -0.449 e. The summed E-state index contributed by atoms with van der Waals surface area (Å²) in [5.41, 5.74) is 9.65. The summed E-state index contributed by atoms with van der Waals surface area (Å²) < 4.78 is 10.6. The number of carbonyl (C=O) groups is 2. The van der Waals surface area contributed by atoms with Crippen LogP contribution in [-0.4, -0.2) is 66.2 Å². The Morgan fingerprint density at radius 2 is 1.72 bits per heavy atom. The molecule has 1 unspecified atom stereocenters. The number of fused-ring (bicyclic) bond motifs is 1. The van der Waals surface area contributed by atoms with E-state index < -0.39 is 6.23 Å². The van der Waals surface area contributed by atoms with Crippen LogP contribution in [0.1, 0.15) is 42.4 Å². The highest BCUT2D eigenvalue weighted by Crippen LogP contribution is 2.30. The minimum atomic E-state index is -0.477. The normalized spacial score (nSPS) is 14.7. The monoisotopic (exact) mass is 510 g/mol. The third-order valence-electron chi connectivity index (χ3n) is 6.14. The summed E-state index contributed by atoms with van der Waals surface area (Å²) in [6.07, 6.45) is -0.0252. The van der Waals surface area contributed by atoms with Gasteiger partial charge >= 0.3 is 6.09 Å². The van der Waals surface area contributed by atoms with Crippen LogP contribution in [0.25, 0.3) is 22.2 Å². The summed E-state index contributed by atoms with van der Waals surface area (Å²) in [5.74, 6) is -0.101. The Balaban J connectivity index is 1.51. The predicted octanol–water partition coefficient (Wildman–Crippen LogP) is 4.85. The van der Waals surface area contributed by atoms with Crippen LogP contribution in [0.2, 0.25) is 5.02 Å². The van der Waals surface area contributed by atoms with Gasteiger partial charge in [0.1, 0.15) is 6.23 Å². The van der Waals surface area contributed by atoms with Crippen molar-refractivity contribution in [3.05, 3.63) is 64.7 Å². The van der Waals surface area contributed by atoms with Crippen LogP contribution in [-0.2, 0) is 9.47 Å². The standard InChI is InChI=1S/C27H31ClN4O4/c1-3-15-36-27(34)32-13-11-31(12-14-32)26(33)20-9-10-21-22(28)17-23(30-24(21)16-20)18-5-7-19(8-6-18)25(29)35-4-2/h5-10,16-17,25H,3-4,11-15,29H2,1-2H3. The lowest BCUT2D eigenvalue weighted by molar-refractivity contribution is 0.0560. The van der Waals surface area contributed by atoms with Crippen molar-refractivity contribution in [2.75, 3.05) is 39.4 Å². The first-order valence-corrected chi connectivity index (χ1v) is 12.6. The van der Waals surface area contributed by atoms with Crippen LogP contribution in [0, 0.1) is 0 Å². The summed E-state index contributed by atoms with van der Waals surface area (Å²) in [4.78, 5) is 33.4. The number of carbonyl (C=O) groups excluding carboxylic acids is 2. The Hall–Kier alpha value is -3.20. The zero-order valence-electron chi connectivity index (χ0n) is 20.6. The highest BCUT2D eigenvalue weighted by Gasteiger charge is 2.26. The number of hydrogen-bond donors (Lipinski definition) is 1. The summed E-state index contributed by atoms with van der Waals surface area (Å²) >= 11 is 6.57. The van der Waals surface area contributed by atoms with Gasteiger partial charge in [0.25, 0.3) is 5.91 Å². The Morgan fingerprint density at radius 1 is 1.03 bits per heavy atom. The number of aromatic nitrogens is 1. The molecular weight excluding hydrogens is 480 g/mol. The number of nitrogens with zero attached hydrogens (tertiary/aromatic N) is 3. The molecule has 0 saturated carbocycles. The first kappa shape index (κ1) is 25.9. The van der Waals surface area contributed by atoms with Gasteiger partial charge in [-0.25, -0.2) is 9.78 Å². The molecule has 0 spiro atoms. The van der Waals surface area contributed by atoms with E-state index in [1.165, 1.54) is 0 Å². The average molecular weight is 511 g/mol. The van der Waals surface area contributed by atoms with Crippen LogP contribution in [0.15, 0.2) is 48.5 Å². The molecule has 0 aliphatic carbocycles. The quantitative estimate of drug-likeness (QED) is 0.456. The zero-order valence-corrected chi connectivity index (χ0v) is 21.3. The zero-order chi connectivity index (χ0) is 25.7. The molecule has 8 nitrogen and oxygen atoms in total. The molecule has 4 rings (SSSR count). The highest BCUT2D eigenvalue weighted by molar-refractivity contribution is 6.35. The molecule has 190 valence electrons. The SMILES string of the molecule is CCCOC(=O)N1CCN(C(=O)c2ccc3c(Cl)cc(-c4ccc(C(N)OCC)cc4)nc3c2)CC1. The van der Waals surface area contributed by atoms with Gasteiger partial charge in [-0.2, -0.15) is 0 Å². The Labute approximate surface area is 215 Å². The van der Waals surface area contributed by atoms with E-state index >= 15 is 0 Å². The smallest absolute Gasteiger partial charge is 0.409 e. The Bertz CT molecular complexity index is 1230. The molecule has 2 amide bonds. The van der Waals surface area contributed by atoms with Gasteiger partial charge in [-0.1, -0.05) is 48.9 Å². The largest absolute Gasteiger partial charge is 0.449 e. The lowest BCUT2D eigenvalue weighted by Crippen LogP contribution is -2.50. The second-order valence-electron chi connectivity index (χ2n) is 8.61.